The third kappa shape index (κ3) is 4.65. The molecule has 3 heteroatoms. The van der Waals surface area contributed by atoms with E-state index in [0.29, 0.717) is 41.9 Å². The lowest BCUT2D eigenvalue weighted by Crippen LogP contribution is -2.35. The van der Waals surface area contributed by atoms with Crippen molar-refractivity contribution in [3.8, 4) is 0 Å². The van der Waals surface area contributed by atoms with Crippen LogP contribution in [-0.4, -0.2) is 33.1 Å². The summed E-state index contributed by atoms with van der Waals surface area (Å²) in [5.41, 5.74) is 2.97. The van der Waals surface area contributed by atoms with Crippen LogP contribution >= 0.6 is 0 Å². The van der Waals surface area contributed by atoms with Crippen LogP contribution in [0.25, 0.3) is 0 Å². The Kier molecular flexibility index (Phi) is 6.42. The molecule has 0 amide bonds. The molecular formula is C28H42O3. The first-order valence-corrected chi connectivity index (χ1v) is 12.5. The molecule has 0 aromatic rings. The number of aliphatic hydroxyl groups excluding tert-OH is 2. The lowest BCUT2D eigenvalue weighted by atomic mass is 9.61. The third-order valence-electron chi connectivity index (χ3n) is 9.08. The molecule has 31 heavy (non-hydrogen) atoms. The van der Waals surface area contributed by atoms with Crippen LogP contribution in [-0.2, 0) is 0 Å². The molecule has 172 valence electrons. The highest BCUT2D eigenvalue weighted by Crippen LogP contribution is 2.59. The van der Waals surface area contributed by atoms with Gasteiger partial charge in [0.15, 0.2) is 0 Å². The molecule has 3 nitrogen and oxygen atoms in total. The summed E-state index contributed by atoms with van der Waals surface area (Å²) in [7, 11) is 0. The fourth-order valence-corrected chi connectivity index (χ4v) is 6.89. The second kappa shape index (κ2) is 8.65. The molecule has 4 aliphatic rings. The lowest BCUT2D eigenvalue weighted by Gasteiger charge is -2.44. The van der Waals surface area contributed by atoms with E-state index in [1.807, 2.05) is 6.92 Å². The molecule has 4 aliphatic carbocycles. The summed E-state index contributed by atoms with van der Waals surface area (Å²) < 4.78 is 0. The van der Waals surface area contributed by atoms with Crippen LogP contribution in [0, 0.1) is 29.1 Å². The maximum Gasteiger partial charge on any atom is 0.0827 e. The number of hydrogen-bond acceptors (Lipinski definition) is 3. The fourth-order valence-electron chi connectivity index (χ4n) is 6.89. The van der Waals surface area contributed by atoms with Gasteiger partial charge in [0.2, 0.25) is 0 Å². The van der Waals surface area contributed by atoms with E-state index < -0.39 is 17.8 Å². The van der Waals surface area contributed by atoms with Gasteiger partial charge < -0.3 is 15.3 Å². The molecular weight excluding hydrogens is 384 g/mol. The van der Waals surface area contributed by atoms with Gasteiger partial charge in [-0.25, -0.2) is 0 Å². The molecule has 0 spiro atoms. The third-order valence-corrected chi connectivity index (χ3v) is 9.08. The van der Waals surface area contributed by atoms with Gasteiger partial charge in [-0.1, -0.05) is 50.3 Å². The highest BCUT2D eigenvalue weighted by atomic mass is 16.3. The predicted molar refractivity (Wildman–Crippen MR) is 126 cm³/mol. The Labute approximate surface area is 188 Å². The van der Waals surface area contributed by atoms with Gasteiger partial charge >= 0.3 is 0 Å². The molecule has 0 radical (unpaired) electrons. The number of fused-ring (bicyclic) bond motifs is 1. The summed E-state index contributed by atoms with van der Waals surface area (Å²) in [6.45, 7) is 10.9. The van der Waals surface area contributed by atoms with E-state index in [2.05, 4.69) is 44.7 Å². The zero-order valence-corrected chi connectivity index (χ0v) is 19.7. The van der Waals surface area contributed by atoms with E-state index in [1.165, 1.54) is 31.3 Å². The molecule has 0 aliphatic heterocycles. The van der Waals surface area contributed by atoms with Gasteiger partial charge in [-0.2, -0.15) is 0 Å². The molecule has 0 saturated heterocycles. The number of allylic oxidation sites excluding steroid dienone is 4. The molecule has 0 aromatic carbocycles. The summed E-state index contributed by atoms with van der Waals surface area (Å²) in [4.78, 5) is 0. The van der Waals surface area contributed by atoms with Crippen LogP contribution in [0.5, 0.6) is 0 Å². The van der Waals surface area contributed by atoms with Gasteiger partial charge in [-0.05, 0) is 98.5 Å². The van der Waals surface area contributed by atoms with E-state index in [1.54, 1.807) is 0 Å². The highest BCUT2D eigenvalue weighted by Gasteiger charge is 2.50. The maximum absolute atomic E-state index is 10.7. The van der Waals surface area contributed by atoms with E-state index in [9.17, 15) is 15.3 Å². The van der Waals surface area contributed by atoms with Gasteiger partial charge in [0.1, 0.15) is 0 Å². The Bertz CT molecular complexity index is 784. The van der Waals surface area contributed by atoms with Crippen molar-refractivity contribution in [3.63, 3.8) is 0 Å². The zero-order chi connectivity index (χ0) is 22.4. The minimum absolute atomic E-state index is 0.306. The normalized spacial score (nSPS) is 42.2. The van der Waals surface area contributed by atoms with Gasteiger partial charge in [0.05, 0.1) is 17.8 Å². The first kappa shape index (κ1) is 23.0. The lowest BCUT2D eigenvalue weighted by molar-refractivity contribution is 0.0843. The monoisotopic (exact) mass is 426 g/mol. The summed E-state index contributed by atoms with van der Waals surface area (Å²) in [5.74, 6) is 2.18. The van der Waals surface area contributed by atoms with Crippen LogP contribution in [0.3, 0.4) is 0 Å². The minimum atomic E-state index is -0.644. The quantitative estimate of drug-likeness (QED) is 0.510. The van der Waals surface area contributed by atoms with E-state index >= 15 is 0 Å². The van der Waals surface area contributed by atoms with E-state index in [-0.39, 0.29) is 0 Å². The minimum Gasteiger partial charge on any atom is -0.393 e. The van der Waals surface area contributed by atoms with Crippen molar-refractivity contribution >= 4 is 0 Å². The largest absolute Gasteiger partial charge is 0.393 e. The highest BCUT2D eigenvalue weighted by molar-refractivity contribution is 5.38. The zero-order valence-electron chi connectivity index (χ0n) is 19.7. The smallest absolute Gasteiger partial charge is 0.0827 e. The SMILES string of the molecule is C=C1C(=CC=C2CCC[C@]3(C)[C@@H]([C@H](C)C=CC(C)(O)C4CC4)CC[C@@H]23)C[C@@H](O)C[C@@H]1O. The van der Waals surface area contributed by atoms with E-state index in [0.717, 1.165) is 30.4 Å². The molecule has 0 bridgehead atoms. The molecule has 4 rings (SSSR count). The number of rotatable bonds is 5. The standard InChI is InChI=1S/C28H42O3/c1-18(13-15-28(4,31)22-9-10-22)24-11-12-25-20(6-5-14-27(24,25)3)7-8-21-16-23(29)17-26(30)19(21)2/h7-8,13,15,18,22-26,29-31H,2,5-6,9-12,14,16-17H2,1,3-4H3/t18-,23-,24-,25+,26+,27-,28?/m1/s1. The number of aliphatic hydroxyl groups is 3. The van der Waals surface area contributed by atoms with Crippen molar-refractivity contribution in [2.24, 2.45) is 29.1 Å². The van der Waals surface area contributed by atoms with Gasteiger partial charge in [-0.15, -0.1) is 0 Å². The second-order valence-corrected chi connectivity index (χ2v) is 11.4. The molecule has 1 unspecified atom stereocenters. The average Bonchev–Trinajstić information content (AvgIpc) is 3.51. The maximum atomic E-state index is 10.7. The molecule has 3 N–H and O–H groups in total. The van der Waals surface area contributed by atoms with Gasteiger partial charge in [0, 0.05) is 6.42 Å². The van der Waals surface area contributed by atoms with Crippen LogP contribution in [0.2, 0.25) is 0 Å². The molecule has 0 heterocycles. The number of hydrogen-bond donors (Lipinski definition) is 3. The van der Waals surface area contributed by atoms with Crippen LogP contribution < -0.4 is 0 Å². The van der Waals surface area contributed by atoms with Crippen LogP contribution in [0.4, 0.5) is 0 Å². The Balaban J connectivity index is 1.49. The fraction of sp³-hybridized carbons (Fsp3) is 0.714. The van der Waals surface area contributed by atoms with Crippen molar-refractivity contribution in [2.75, 3.05) is 0 Å². The summed E-state index contributed by atoms with van der Waals surface area (Å²) in [6, 6.07) is 0. The Morgan fingerprint density at radius 2 is 1.90 bits per heavy atom. The molecule has 0 aromatic heterocycles. The Morgan fingerprint density at radius 1 is 1.16 bits per heavy atom. The van der Waals surface area contributed by atoms with Gasteiger partial charge in [-0.3, -0.25) is 0 Å². The topological polar surface area (TPSA) is 60.7 Å². The van der Waals surface area contributed by atoms with E-state index in [4.69, 9.17) is 0 Å². The van der Waals surface area contributed by atoms with Crippen LogP contribution in [0.15, 0.2) is 47.6 Å². The van der Waals surface area contributed by atoms with Crippen molar-refractivity contribution < 1.29 is 15.3 Å². The Morgan fingerprint density at radius 3 is 2.61 bits per heavy atom. The van der Waals surface area contributed by atoms with Gasteiger partial charge in [0.25, 0.3) is 0 Å². The molecule has 4 saturated carbocycles. The van der Waals surface area contributed by atoms with Crippen molar-refractivity contribution in [1.29, 1.82) is 0 Å². The van der Waals surface area contributed by atoms with Crippen molar-refractivity contribution in [2.45, 2.75) is 96.4 Å². The summed E-state index contributed by atoms with van der Waals surface area (Å²) in [6.07, 6.45) is 17.1. The first-order chi connectivity index (χ1) is 14.6. The van der Waals surface area contributed by atoms with Crippen LogP contribution in [0.1, 0.15) is 78.6 Å². The Hall–Kier alpha value is -1.16. The van der Waals surface area contributed by atoms with Crippen molar-refractivity contribution in [3.05, 3.63) is 47.6 Å². The predicted octanol–water partition coefficient (Wildman–Crippen LogP) is 5.48. The van der Waals surface area contributed by atoms with Crippen molar-refractivity contribution in [1.82, 2.24) is 0 Å². The molecule has 4 fully saturated rings. The summed E-state index contributed by atoms with van der Waals surface area (Å²) in [5, 5.41) is 30.9. The summed E-state index contributed by atoms with van der Waals surface area (Å²) >= 11 is 0. The molecule has 7 atom stereocenters. The second-order valence-electron chi connectivity index (χ2n) is 11.4. The average molecular weight is 427 g/mol. The first-order valence-electron chi connectivity index (χ1n) is 12.5.